The SMILES string of the molecule is CC(=O)N1CC(O)CC2(CCN(C(=O)c3ccccc3-c3ccc(F)cc3)CC2)C1. The molecule has 0 saturated carbocycles. The third kappa shape index (κ3) is 4.10. The van der Waals surface area contributed by atoms with Crippen LogP contribution in [0.5, 0.6) is 0 Å². The summed E-state index contributed by atoms with van der Waals surface area (Å²) in [6, 6.07) is 13.6. The summed E-state index contributed by atoms with van der Waals surface area (Å²) in [6.45, 7) is 3.76. The zero-order valence-electron chi connectivity index (χ0n) is 17.2. The van der Waals surface area contributed by atoms with E-state index < -0.39 is 6.10 Å². The van der Waals surface area contributed by atoms with Crippen molar-refractivity contribution in [2.24, 2.45) is 5.41 Å². The van der Waals surface area contributed by atoms with Crippen molar-refractivity contribution in [3.63, 3.8) is 0 Å². The summed E-state index contributed by atoms with van der Waals surface area (Å²) >= 11 is 0. The molecule has 2 aromatic carbocycles. The molecule has 2 aliphatic heterocycles. The molecule has 0 bridgehead atoms. The minimum absolute atomic E-state index is 0.0140. The first-order valence-electron chi connectivity index (χ1n) is 10.4. The van der Waals surface area contributed by atoms with Crippen LogP contribution in [-0.4, -0.2) is 59.0 Å². The fourth-order valence-electron chi connectivity index (χ4n) is 4.86. The number of β-amino-alcohol motifs (C(OH)–C–C–N with tert-alkyl or cyclic N) is 1. The molecule has 30 heavy (non-hydrogen) atoms. The van der Waals surface area contributed by atoms with Crippen LogP contribution in [0.25, 0.3) is 11.1 Å². The molecule has 0 aliphatic carbocycles. The number of amides is 2. The van der Waals surface area contributed by atoms with Gasteiger partial charge in [0.05, 0.1) is 6.10 Å². The third-order valence-corrected chi connectivity index (χ3v) is 6.50. The van der Waals surface area contributed by atoms with Gasteiger partial charge in [0.25, 0.3) is 5.91 Å². The lowest BCUT2D eigenvalue weighted by Crippen LogP contribution is -2.55. The predicted molar refractivity (Wildman–Crippen MR) is 112 cm³/mol. The molecule has 2 heterocycles. The lowest BCUT2D eigenvalue weighted by atomic mass is 9.71. The van der Waals surface area contributed by atoms with Crippen molar-refractivity contribution in [1.29, 1.82) is 0 Å². The van der Waals surface area contributed by atoms with Crippen molar-refractivity contribution >= 4 is 11.8 Å². The second-order valence-electron chi connectivity index (χ2n) is 8.60. The highest BCUT2D eigenvalue weighted by Crippen LogP contribution is 2.40. The largest absolute Gasteiger partial charge is 0.391 e. The van der Waals surface area contributed by atoms with Crippen LogP contribution in [0.2, 0.25) is 0 Å². The van der Waals surface area contributed by atoms with E-state index >= 15 is 0 Å². The van der Waals surface area contributed by atoms with Crippen molar-refractivity contribution in [2.45, 2.75) is 32.3 Å². The van der Waals surface area contributed by atoms with Gasteiger partial charge >= 0.3 is 0 Å². The maximum atomic E-state index is 13.3. The molecule has 2 saturated heterocycles. The highest BCUT2D eigenvalue weighted by molar-refractivity contribution is 6.01. The topological polar surface area (TPSA) is 60.9 Å². The second kappa shape index (κ2) is 8.19. The Morgan fingerprint density at radius 1 is 1.03 bits per heavy atom. The summed E-state index contributed by atoms with van der Waals surface area (Å²) in [5, 5.41) is 10.3. The number of piperidine rings is 2. The minimum Gasteiger partial charge on any atom is -0.391 e. The van der Waals surface area contributed by atoms with Gasteiger partial charge < -0.3 is 14.9 Å². The third-order valence-electron chi connectivity index (χ3n) is 6.50. The van der Waals surface area contributed by atoms with E-state index in [2.05, 4.69) is 0 Å². The van der Waals surface area contributed by atoms with E-state index in [1.54, 1.807) is 17.0 Å². The van der Waals surface area contributed by atoms with Crippen molar-refractivity contribution in [1.82, 2.24) is 9.80 Å². The van der Waals surface area contributed by atoms with E-state index in [9.17, 15) is 19.1 Å². The van der Waals surface area contributed by atoms with E-state index in [0.29, 0.717) is 38.2 Å². The van der Waals surface area contributed by atoms with Crippen molar-refractivity contribution < 1.29 is 19.1 Å². The Bertz CT molecular complexity index is 936. The first-order valence-corrected chi connectivity index (χ1v) is 10.4. The van der Waals surface area contributed by atoms with Gasteiger partial charge in [0.2, 0.25) is 5.91 Å². The Morgan fingerprint density at radius 2 is 1.70 bits per heavy atom. The molecule has 5 nitrogen and oxygen atoms in total. The maximum absolute atomic E-state index is 13.3. The van der Waals surface area contributed by atoms with E-state index in [0.717, 1.165) is 24.0 Å². The van der Waals surface area contributed by atoms with Crippen LogP contribution in [0, 0.1) is 11.2 Å². The average Bonchev–Trinajstić information content (AvgIpc) is 2.74. The number of halogens is 1. The number of aliphatic hydroxyl groups excluding tert-OH is 1. The smallest absolute Gasteiger partial charge is 0.254 e. The standard InChI is InChI=1S/C24H27FN2O3/c1-17(28)27-15-20(29)14-24(16-27)10-12-26(13-11-24)23(30)22-5-3-2-4-21(22)18-6-8-19(25)9-7-18/h2-9,20,29H,10-16H2,1H3. The fraction of sp³-hybridized carbons (Fsp3) is 0.417. The van der Waals surface area contributed by atoms with Crippen LogP contribution in [0.15, 0.2) is 48.5 Å². The molecule has 1 N–H and O–H groups in total. The summed E-state index contributed by atoms with van der Waals surface area (Å²) < 4.78 is 13.3. The molecule has 1 unspecified atom stereocenters. The number of aliphatic hydroxyl groups is 1. The van der Waals surface area contributed by atoms with Gasteiger partial charge in [-0.05, 0) is 54.0 Å². The summed E-state index contributed by atoms with van der Waals surface area (Å²) in [7, 11) is 0. The molecule has 2 aliphatic rings. The van der Waals surface area contributed by atoms with Gasteiger partial charge in [-0.3, -0.25) is 9.59 Å². The van der Waals surface area contributed by atoms with E-state index in [1.165, 1.54) is 19.1 Å². The van der Waals surface area contributed by atoms with Gasteiger partial charge in [-0.2, -0.15) is 0 Å². The quantitative estimate of drug-likeness (QED) is 0.826. The molecule has 4 rings (SSSR count). The van der Waals surface area contributed by atoms with Gasteiger partial charge in [0.1, 0.15) is 5.82 Å². The van der Waals surface area contributed by atoms with Gasteiger partial charge in [-0.15, -0.1) is 0 Å². The summed E-state index contributed by atoms with van der Waals surface area (Å²) in [6.07, 6.45) is 1.69. The monoisotopic (exact) mass is 410 g/mol. The molecule has 6 heteroatoms. The first kappa shape index (κ1) is 20.5. The van der Waals surface area contributed by atoms with Crippen LogP contribution in [0.3, 0.4) is 0 Å². The predicted octanol–water partition coefficient (Wildman–Crippen LogP) is 3.33. The fourth-order valence-corrected chi connectivity index (χ4v) is 4.86. The summed E-state index contributed by atoms with van der Waals surface area (Å²) in [5.41, 5.74) is 2.07. The molecule has 1 atom stereocenters. The molecule has 1 spiro atoms. The normalized spacial score (nSPS) is 21.0. The van der Waals surface area contributed by atoms with Gasteiger partial charge in [-0.1, -0.05) is 30.3 Å². The van der Waals surface area contributed by atoms with Crippen molar-refractivity contribution in [2.75, 3.05) is 26.2 Å². The number of rotatable bonds is 2. The van der Waals surface area contributed by atoms with Gasteiger partial charge in [-0.25, -0.2) is 4.39 Å². The van der Waals surface area contributed by atoms with Crippen LogP contribution in [0.4, 0.5) is 4.39 Å². The minimum atomic E-state index is -0.510. The van der Waals surface area contributed by atoms with Crippen molar-refractivity contribution in [3.05, 3.63) is 59.9 Å². The molecule has 0 aromatic heterocycles. The zero-order valence-corrected chi connectivity index (χ0v) is 17.2. The van der Waals surface area contributed by atoms with Crippen LogP contribution >= 0.6 is 0 Å². The van der Waals surface area contributed by atoms with Crippen molar-refractivity contribution in [3.8, 4) is 11.1 Å². The highest BCUT2D eigenvalue weighted by Gasteiger charge is 2.43. The summed E-state index contributed by atoms with van der Waals surface area (Å²) in [4.78, 5) is 28.7. The molecule has 158 valence electrons. The van der Waals surface area contributed by atoms with Crippen LogP contribution in [0.1, 0.15) is 36.5 Å². The van der Waals surface area contributed by atoms with Gasteiger partial charge in [0, 0.05) is 38.7 Å². The number of hydrogen-bond acceptors (Lipinski definition) is 3. The van der Waals surface area contributed by atoms with Crippen LogP contribution < -0.4 is 0 Å². The molecular formula is C24H27FN2O3. The van der Waals surface area contributed by atoms with E-state index in [1.807, 2.05) is 29.2 Å². The van der Waals surface area contributed by atoms with E-state index in [-0.39, 0.29) is 23.0 Å². The number of carbonyl (C=O) groups excluding carboxylic acids is 2. The Kier molecular flexibility index (Phi) is 5.60. The lowest BCUT2D eigenvalue weighted by Gasteiger charge is -2.49. The Morgan fingerprint density at radius 3 is 2.37 bits per heavy atom. The van der Waals surface area contributed by atoms with E-state index in [4.69, 9.17) is 0 Å². The number of hydrogen-bond donors (Lipinski definition) is 1. The average molecular weight is 410 g/mol. The first-order chi connectivity index (χ1) is 14.4. The highest BCUT2D eigenvalue weighted by atomic mass is 19.1. The number of benzene rings is 2. The molecule has 2 aromatic rings. The molecular weight excluding hydrogens is 383 g/mol. The Balaban J connectivity index is 1.50. The number of likely N-dealkylation sites (tertiary alicyclic amines) is 2. The Hall–Kier alpha value is -2.73. The molecule has 0 radical (unpaired) electrons. The second-order valence-corrected chi connectivity index (χ2v) is 8.60. The molecule has 2 fully saturated rings. The lowest BCUT2D eigenvalue weighted by molar-refractivity contribution is -0.137. The summed E-state index contributed by atoms with van der Waals surface area (Å²) in [5.74, 6) is -0.359. The number of carbonyl (C=O) groups is 2. The van der Waals surface area contributed by atoms with Gasteiger partial charge in [0.15, 0.2) is 0 Å². The zero-order chi connectivity index (χ0) is 21.3. The molecule has 2 amide bonds. The Labute approximate surface area is 176 Å². The number of nitrogens with zero attached hydrogens (tertiary/aromatic N) is 2. The maximum Gasteiger partial charge on any atom is 0.254 e. The van der Waals surface area contributed by atoms with Crippen LogP contribution in [-0.2, 0) is 4.79 Å².